The third-order valence-electron chi connectivity index (χ3n) is 1.60. The van der Waals surface area contributed by atoms with E-state index in [1.165, 1.54) is 6.39 Å². The summed E-state index contributed by atoms with van der Waals surface area (Å²) >= 11 is 0. The highest BCUT2D eigenvalue weighted by Gasteiger charge is 2.17. The van der Waals surface area contributed by atoms with Crippen LogP contribution >= 0.6 is 0 Å². The highest BCUT2D eigenvalue weighted by Crippen LogP contribution is 2.01. The minimum Gasteiger partial charge on any atom is -0.367 e. The fourth-order valence-electron chi connectivity index (χ4n) is 0.828. The van der Waals surface area contributed by atoms with E-state index >= 15 is 0 Å². The smallest absolute Gasteiger partial charge is 0.213 e. The van der Waals surface area contributed by atoms with E-state index in [4.69, 9.17) is 4.74 Å². The molecule has 11 heavy (non-hydrogen) atoms. The van der Waals surface area contributed by atoms with Crippen LogP contribution in [0.25, 0.3) is 0 Å². The molecule has 1 N–H and O–H groups in total. The molecule has 0 amide bonds. The Morgan fingerprint density at radius 2 is 2.64 bits per heavy atom. The molecule has 0 aliphatic carbocycles. The number of nitrogens with zero attached hydrogens (tertiary/aromatic N) is 2. The van der Waals surface area contributed by atoms with Gasteiger partial charge in [0, 0.05) is 13.1 Å². The van der Waals surface area contributed by atoms with Crippen LogP contribution in [-0.4, -0.2) is 29.3 Å². The van der Waals surface area contributed by atoms with E-state index in [9.17, 15) is 0 Å². The molecule has 0 unspecified atom stereocenters. The van der Waals surface area contributed by atoms with Crippen LogP contribution in [0.5, 0.6) is 0 Å². The Kier molecular flexibility index (Phi) is 1.83. The van der Waals surface area contributed by atoms with E-state index in [1.807, 2.05) is 0 Å². The summed E-state index contributed by atoms with van der Waals surface area (Å²) in [7, 11) is 0. The van der Waals surface area contributed by atoms with Crippen molar-refractivity contribution in [2.45, 2.75) is 12.7 Å². The van der Waals surface area contributed by atoms with Gasteiger partial charge in [0.15, 0.2) is 5.82 Å². The molecule has 5 nitrogen and oxygen atoms in total. The van der Waals surface area contributed by atoms with Crippen molar-refractivity contribution in [3.05, 3.63) is 12.2 Å². The number of hydrogen-bond acceptors (Lipinski definition) is 5. The van der Waals surface area contributed by atoms with Gasteiger partial charge in [0.05, 0.1) is 6.10 Å². The SMILES string of the molecule is c1nc(COC2CNC2)no1. The third kappa shape index (κ3) is 1.55. The molecule has 1 aliphatic rings. The van der Waals surface area contributed by atoms with Crippen molar-refractivity contribution in [1.29, 1.82) is 0 Å². The molecular weight excluding hydrogens is 146 g/mol. The van der Waals surface area contributed by atoms with Crippen LogP contribution in [0, 0.1) is 0 Å². The first kappa shape index (κ1) is 6.75. The predicted molar refractivity (Wildman–Crippen MR) is 35.7 cm³/mol. The second-order valence-corrected chi connectivity index (χ2v) is 2.44. The van der Waals surface area contributed by atoms with Gasteiger partial charge in [0.2, 0.25) is 6.39 Å². The Bertz CT molecular complexity index is 208. The standard InChI is InChI=1S/C6H9N3O2/c1-5(2-7-1)10-3-6-8-4-11-9-6/h4-5,7H,1-3H2. The first-order valence-corrected chi connectivity index (χ1v) is 3.53. The van der Waals surface area contributed by atoms with E-state index < -0.39 is 0 Å². The molecule has 60 valence electrons. The summed E-state index contributed by atoms with van der Waals surface area (Å²) in [6.45, 7) is 2.30. The third-order valence-corrected chi connectivity index (χ3v) is 1.60. The molecule has 2 rings (SSSR count). The van der Waals surface area contributed by atoms with Gasteiger partial charge in [-0.3, -0.25) is 0 Å². The Balaban J connectivity index is 1.74. The van der Waals surface area contributed by atoms with Crippen LogP contribution in [0.1, 0.15) is 5.82 Å². The molecule has 5 heteroatoms. The Morgan fingerprint density at radius 1 is 1.73 bits per heavy atom. The van der Waals surface area contributed by atoms with Crippen molar-refractivity contribution >= 4 is 0 Å². The van der Waals surface area contributed by atoms with Crippen LogP contribution in [0.4, 0.5) is 0 Å². The van der Waals surface area contributed by atoms with Crippen molar-refractivity contribution in [2.75, 3.05) is 13.1 Å². The molecule has 1 aliphatic heterocycles. The van der Waals surface area contributed by atoms with Crippen LogP contribution < -0.4 is 5.32 Å². The normalized spacial score (nSPS) is 18.2. The second-order valence-electron chi connectivity index (χ2n) is 2.44. The van der Waals surface area contributed by atoms with Crippen molar-refractivity contribution < 1.29 is 9.26 Å². The van der Waals surface area contributed by atoms with Gasteiger partial charge in [-0.2, -0.15) is 4.98 Å². The molecule has 0 saturated carbocycles. The van der Waals surface area contributed by atoms with Gasteiger partial charge in [-0.25, -0.2) is 0 Å². The molecule has 1 saturated heterocycles. The number of rotatable bonds is 3. The average molecular weight is 155 g/mol. The van der Waals surface area contributed by atoms with Crippen LogP contribution in [0.3, 0.4) is 0 Å². The minimum atomic E-state index is 0.327. The number of nitrogens with one attached hydrogen (secondary N) is 1. The van der Waals surface area contributed by atoms with E-state index in [1.54, 1.807) is 0 Å². The molecule has 2 heterocycles. The lowest BCUT2D eigenvalue weighted by Crippen LogP contribution is -2.48. The number of aromatic nitrogens is 2. The van der Waals surface area contributed by atoms with Gasteiger partial charge < -0.3 is 14.6 Å². The van der Waals surface area contributed by atoms with Crippen LogP contribution in [0.15, 0.2) is 10.9 Å². The summed E-state index contributed by atoms with van der Waals surface area (Å²) in [5.41, 5.74) is 0. The Hall–Kier alpha value is -0.940. The molecular formula is C6H9N3O2. The Labute approximate surface area is 63.7 Å². The molecule has 1 aromatic rings. The summed E-state index contributed by atoms with van der Waals surface area (Å²) in [5, 5.41) is 6.72. The maximum atomic E-state index is 5.37. The topological polar surface area (TPSA) is 60.2 Å². The van der Waals surface area contributed by atoms with Crippen LogP contribution in [0.2, 0.25) is 0 Å². The largest absolute Gasteiger partial charge is 0.367 e. The lowest BCUT2D eigenvalue weighted by Gasteiger charge is -2.26. The molecule has 1 aromatic heterocycles. The zero-order valence-electron chi connectivity index (χ0n) is 5.99. The number of hydrogen-bond donors (Lipinski definition) is 1. The summed E-state index contributed by atoms with van der Waals surface area (Å²) in [6.07, 6.45) is 1.63. The summed E-state index contributed by atoms with van der Waals surface area (Å²) in [6, 6.07) is 0. The maximum absolute atomic E-state index is 5.37. The van der Waals surface area contributed by atoms with Gasteiger partial charge in [0.1, 0.15) is 6.61 Å². The van der Waals surface area contributed by atoms with Crippen LogP contribution in [-0.2, 0) is 11.3 Å². The number of ether oxygens (including phenoxy) is 1. The first-order valence-electron chi connectivity index (χ1n) is 3.53. The quantitative estimate of drug-likeness (QED) is 0.641. The summed E-state index contributed by atoms with van der Waals surface area (Å²) < 4.78 is 9.92. The highest BCUT2D eigenvalue weighted by atomic mass is 16.5. The van der Waals surface area contributed by atoms with Gasteiger partial charge in [-0.15, -0.1) is 0 Å². The van der Waals surface area contributed by atoms with E-state index in [0.717, 1.165) is 13.1 Å². The lowest BCUT2D eigenvalue weighted by atomic mass is 10.2. The Morgan fingerprint density at radius 3 is 3.18 bits per heavy atom. The average Bonchev–Trinajstić information content (AvgIpc) is 2.36. The van der Waals surface area contributed by atoms with E-state index in [0.29, 0.717) is 18.5 Å². The molecule has 0 atom stereocenters. The zero-order valence-corrected chi connectivity index (χ0v) is 5.99. The molecule has 0 aromatic carbocycles. The van der Waals surface area contributed by atoms with E-state index in [-0.39, 0.29) is 0 Å². The van der Waals surface area contributed by atoms with Gasteiger partial charge >= 0.3 is 0 Å². The minimum absolute atomic E-state index is 0.327. The van der Waals surface area contributed by atoms with Crippen molar-refractivity contribution in [2.24, 2.45) is 0 Å². The summed E-state index contributed by atoms with van der Waals surface area (Å²) in [5.74, 6) is 0.608. The van der Waals surface area contributed by atoms with Crippen molar-refractivity contribution in [1.82, 2.24) is 15.5 Å². The monoisotopic (exact) mass is 155 g/mol. The van der Waals surface area contributed by atoms with Gasteiger partial charge in [-0.05, 0) is 0 Å². The second kappa shape index (κ2) is 2.98. The molecule has 0 radical (unpaired) electrons. The molecule has 1 fully saturated rings. The zero-order chi connectivity index (χ0) is 7.52. The summed E-state index contributed by atoms with van der Waals surface area (Å²) in [4.78, 5) is 3.82. The van der Waals surface area contributed by atoms with Crippen molar-refractivity contribution in [3.63, 3.8) is 0 Å². The molecule has 0 spiro atoms. The van der Waals surface area contributed by atoms with Gasteiger partial charge in [0.25, 0.3) is 0 Å². The fraction of sp³-hybridized carbons (Fsp3) is 0.667. The maximum Gasteiger partial charge on any atom is 0.213 e. The van der Waals surface area contributed by atoms with Crippen molar-refractivity contribution in [3.8, 4) is 0 Å². The highest BCUT2D eigenvalue weighted by molar-refractivity contribution is 4.78. The first-order chi connectivity index (χ1) is 5.45. The predicted octanol–water partition coefficient (Wildman–Crippen LogP) is -0.442. The fourth-order valence-corrected chi connectivity index (χ4v) is 0.828. The lowest BCUT2D eigenvalue weighted by molar-refractivity contribution is 0.00368. The van der Waals surface area contributed by atoms with Gasteiger partial charge in [-0.1, -0.05) is 5.16 Å². The van der Waals surface area contributed by atoms with E-state index in [2.05, 4.69) is 20.0 Å². The molecule has 0 bridgehead atoms.